The Balaban J connectivity index is 1.47. The van der Waals surface area contributed by atoms with Gasteiger partial charge in [0.05, 0.1) is 24.1 Å². The van der Waals surface area contributed by atoms with E-state index in [4.69, 9.17) is 9.47 Å². The van der Waals surface area contributed by atoms with E-state index in [1.54, 1.807) is 18.3 Å². The quantitative estimate of drug-likeness (QED) is 0.450. The van der Waals surface area contributed by atoms with E-state index >= 15 is 0 Å². The smallest absolute Gasteiger partial charge is 0.337 e. The number of nitrogens with one attached hydrogen (secondary N) is 2. The fourth-order valence-electron chi connectivity index (χ4n) is 3.27. The van der Waals surface area contributed by atoms with E-state index in [2.05, 4.69) is 26.7 Å². The van der Waals surface area contributed by atoms with Gasteiger partial charge in [-0.05, 0) is 48.7 Å². The molecule has 1 aliphatic rings. The number of rotatable bonds is 6. The maximum atomic E-state index is 11.5. The van der Waals surface area contributed by atoms with Crippen molar-refractivity contribution in [2.24, 2.45) is 0 Å². The molecule has 8 heteroatoms. The number of aromatic nitrogens is 2. The van der Waals surface area contributed by atoms with Gasteiger partial charge in [-0.3, -0.25) is 0 Å². The van der Waals surface area contributed by atoms with Gasteiger partial charge >= 0.3 is 5.97 Å². The topological polar surface area (TPSA) is 109 Å². The van der Waals surface area contributed by atoms with Gasteiger partial charge in [-0.1, -0.05) is 24.3 Å². The Kier molecular flexibility index (Phi) is 5.99. The first-order valence-electron chi connectivity index (χ1n) is 10.0. The number of nitrogens with zero attached hydrogens (tertiary/aromatic N) is 3. The molecule has 0 aliphatic carbocycles. The number of methoxy groups -OCH3 is 1. The molecule has 0 atom stereocenters. The highest BCUT2D eigenvalue weighted by molar-refractivity contribution is 5.89. The van der Waals surface area contributed by atoms with Crippen LogP contribution in [0.2, 0.25) is 0 Å². The number of hydrogen-bond donors (Lipinski definition) is 2. The van der Waals surface area contributed by atoms with Crippen molar-refractivity contribution >= 4 is 23.2 Å². The molecule has 0 radical (unpaired) electrons. The van der Waals surface area contributed by atoms with Gasteiger partial charge < -0.3 is 20.1 Å². The number of carbonyl (C=O) groups is 1. The first-order valence-corrected chi connectivity index (χ1v) is 10.0. The van der Waals surface area contributed by atoms with Gasteiger partial charge in [-0.25, -0.2) is 14.8 Å². The molecule has 2 N–H and O–H groups in total. The molecule has 8 nitrogen and oxygen atoms in total. The van der Waals surface area contributed by atoms with E-state index in [1.165, 1.54) is 7.11 Å². The molecule has 2 aromatic carbocycles. The number of benzene rings is 2. The number of para-hydroxylation sites is 2. The Morgan fingerprint density at radius 1 is 1.22 bits per heavy atom. The van der Waals surface area contributed by atoms with E-state index in [0.29, 0.717) is 47.4 Å². The van der Waals surface area contributed by atoms with Crippen LogP contribution >= 0.6 is 0 Å². The summed E-state index contributed by atoms with van der Waals surface area (Å²) >= 11 is 0. The van der Waals surface area contributed by atoms with Crippen molar-refractivity contribution in [2.45, 2.75) is 13.3 Å². The number of aryl methyl sites for hydroxylation is 1. The monoisotopic (exact) mass is 427 g/mol. The van der Waals surface area contributed by atoms with Gasteiger partial charge in [0.15, 0.2) is 5.75 Å². The Morgan fingerprint density at radius 2 is 2.00 bits per heavy atom. The van der Waals surface area contributed by atoms with Crippen molar-refractivity contribution < 1.29 is 14.3 Å². The molecule has 0 bridgehead atoms. The predicted octanol–water partition coefficient (Wildman–Crippen LogP) is 3.92. The average Bonchev–Trinajstić information content (AvgIpc) is 3.25. The molecule has 4 rings (SSSR count). The lowest BCUT2D eigenvalue weighted by Gasteiger charge is -2.10. The minimum absolute atomic E-state index is 0.308. The highest BCUT2D eigenvalue weighted by Crippen LogP contribution is 2.35. The molecule has 3 aromatic rings. The number of anilines is 2. The van der Waals surface area contributed by atoms with Crippen molar-refractivity contribution in [3.8, 4) is 11.8 Å². The van der Waals surface area contributed by atoms with Gasteiger partial charge in [0, 0.05) is 12.7 Å². The third-order valence-corrected chi connectivity index (χ3v) is 4.97. The minimum Gasteiger partial charge on any atom is -0.465 e. The van der Waals surface area contributed by atoms with E-state index in [-0.39, 0.29) is 5.97 Å². The maximum absolute atomic E-state index is 11.5. The minimum atomic E-state index is -0.360. The van der Waals surface area contributed by atoms with Crippen molar-refractivity contribution in [3.05, 3.63) is 83.0 Å². The van der Waals surface area contributed by atoms with Crippen LogP contribution in [0.1, 0.15) is 27.2 Å². The number of carbonyl (C=O) groups excluding carboxylic acids is 1. The molecular weight excluding hydrogens is 406 g/mol. The second kappa shape index (κ2) is 9.18. The van der Waals surface area contributed by atoms with Gasteiger partial charge in [0.2, 0.25) is 11.8 Å². The maximum Gasteiger partial charge on any atom is 0.337 e. The molecule has 32 heavy (non-hydrogen) atoms. The molecule has 1 aliphatic heterocycles. The normalized spacial score (nSPS) is 13.3. The van der Waals surface area contributed by atoms with E-state index in [9.17, 15) is 10.1 Å². The summed E-state index contributed by atoms with van der Waals surface area (Å²) in [6, 6.07) is 16.9. The fourth-order valence-corrected chi connectivity index (χ4v) is 3.27. The van der Waals surface area contributed by atoms with Crippen LogP contribution in [0.3, 0.4) is 0 Å². The summed E-state index contributed by atoms with van der Waals surface area (Å²) in [7, 11) is 1.36. The van der Waals surface area contributed by atoms with Gasteiger partial charge in [-0.15, -0.1) is 0 Å². The first-order chi connectivity index (χ1) is 15.6. The lowest BCUT2D eigenvalue weighted by Crippen LogP contribution is -2.11. The molecule has 0 saturated heterocycles. The lowest BCUT2D eigenvalue weighted by molar-refractivity contribution is 0.0600. The first kappa shape index (κ1) is 20.9. The van der Waals surface area contributed by atoms with E-state index in [1.807, 2.05) is 43.3 Å². The van der Waals surface area contributed by atoms with Crippen LogP contribution in [-0.2, 0) is 11.2 Å². The molecule has 0 fully saturated rings. The Labute approximate surface area is 185 Å². The van der Waals surface area contributed by atoms with Crippen LogP contribution in [-0.4, -0.2) is 29.6 Å². The number of hydrogen-bond acceptors (Lipinski definition) is 8. The summed E-state index contributed by atoms with van der Waals surface area (Å²) in [6.07, 6.45) is 2.38. The number of esters is 1. The lowest BCUT2D eigenvalue weighted by atomic mass is 10.1. The average molecular weight is 427 g/mol. The molecule has 0 unspecified atom stereocenters. The molecule has 2 heterocycles. The van der Waals surface area contributed by atoms with Crippen molar-refractivity contribution in [2.75, 3.05) is 24.3 Å². The summed E-state index contributed by atoms with van der Waals surface area (Å²) in [5.74, 6) is 1.08. The van der Waals surface area contributed by atoms with Crippen LogP contribution < -0.4 is 15.4 Å². The zero-order chi connectivity index (χ0) is 22.5. The van der Waals surface area contributed by atoms with Crippen molar-refractivity contribution in [3.63, 3.8) is 0 Å². The number of ether oxygens (including phenoxy) is 2. The summed E-state index contributed by atoms with van der Waals surface area (Å²) < 4.78 is 10.5. The van der Waals surface area contributed by atoms with Gasteiger partial charge in [0.25, 0.3) is 0 Å². The summed E-state index contributed by atoms with van der Waals surface area (Å²) in [4.78, 5) is 20.4. The van der Waals surface area contributed by atoms with Crippen LogP contribution in [0.25, 0.3) is 5.57 Å². The standard InChI is InChI=1S/C24H21N5O3/c1-15-14-27-24(26-12-11-16-7-9-17(10-8-16)23(30)31-2)29-21(15)18(13-25)22-28-19-5-3-4-6-20(19)32-22/h3-10,14,28H,11-12H2,1-2H3,(H,26,27,29)/b22-18+. The molecule has 0 amide bonds. The third kappa shape index (κ3) is 4.37. The molecular formula is C24H21N5O3. The second-order valence-corrected chi connectivity index (χ2v) is 7.13. The Bertz CT molecular complexity index is 1200. The molecule has 160 valence electrons. The van der Waals surface area contributed by atoms with Crippen LogP contribution in [0.5, 0.6) is 5.75 Å². The predicted molar refractivity (Wildman–Crippen MR) is 120 cm³/mol. The van der Waals surface area contributed by atoms with Crippen molar-refractivity contribution in [1.29, 1.82) is 5.26 Å². The Morgan fingerprint density at radius 3 is 2.72 bits per heavy atom. The van der Waals surface area contributed by atoms with Crippen LogP contribution in [0, 0.1) is 18.3 Å². The number of fused-ring (bicyclic) bond motifs is 1. The zero-order valence-corrected chi connectivity index (χ0v) is 17.7. The number of nitriles is 1. The highest BCUT2D eigenvalue weighted by atomic mass is 16.5. The fraction of sp³-hybridized carbons (Fsp3) is 0.167. The SMILES string of the molecule is COC(=O)c1ccc(CCNc2ncc(C)c(/C(C#N)=C3\Nc4ccccc4O3)n2)cc1. The number of allylic oxidation sites excluding steroid dienone is 1. The van der Waals surface area contributed by atoms with Gasteiger partial charge in [-0.2, -0.15) is 5.26 Å². The van der Waals surface area contributed by atoms with Crippen LogP contribution in [0.4, 0.5) is 11.6 Å². The second-order valence-electron chi connectivity index (χ2n) is 7.13. The van der Waals surface area contributed by atoms with Gasteiger partial charge in [0.1, 0.15) is 11.6 Å². The summed E-state index contributed by atoms with van der Waals surface area (Å²) in [6.45, 7) is 2.43. The van der Waals surface area contributed by atoms with Crippen molar-refractivity contribution in [1.82, 2.24) is 9.97 Å². The molecule has 0 spiro atoms. The molecule has 0 saturated carbocycles. The zero-order valence-electron chi connectivity index (χ0n) is 17.7. The molecule has 1 aromatic heterocycles. The summed E-state index contributed by atoms with van der Waals surface area (Å²) in [5.41, 5.74) is 3.94. The van der Waals surface area contributed by atoms with Crippen LogP contribution in [0.15, 0.2) is 60.6 Å². The highest BCUT2D eigenvalue weighted by Gasteiger charge is 2.23. The van der Waals surface area contributed by atoms with E-state index < -0.39 is 0 Å². The summed E-state index contributed by atoms with van der Waals surface area (Å²) in [5, 5.41) is 16.1. The Hall–Kier alpha value is -4.38. The largest absolute Gasteiger partial charge is 0.465 e. The van der Waals surface area contributed by atoms with E-state index in [0.717, 1.165) is 16.8 Å². The third-order valence-electron chi connectivity index (χ3n) is 4.97.